The van der Waals surface area contributed by atoms with Gasteiger partial charge in [0, 0.05) is 25.7 Å². The Morgan fingerprint density at radius 1 is 1.44 bits per heavy atom. The van der Waals surface area contributed by atoms with Crippen LogP contribution in [-0.2, 0) is 11.3 Å². The van der Waals surface area contributed by atoms with Crippen molar-refractivity contribution in [3.05, 3.63) is 35.9 Å². The third kappa shape index (κ3) is 3.09. The van der Waals surface area contributed by atoms with E-state index in [4.69, 9.17) is 5.73 Å². The topological polar surface area (TPSA) is 49.6 Å². The van der Waals surface area contributed by atoms with Crippen molar-refractivity contribution in [1.29, 1.82) is 0 Å². The van der Waals surface area contributed by atoms with E-state index in [0.717, 1.165) is 26.1 Å². The molecule has 1 aliphatic heterocycles. The predicted octanol–water partition coefficient (Wildman–Crippen LogP) is 0.678. The summed E-state index contributed by atoms with van der Waals surface area (Å²) in [6, 6.07) is 10.9. The van der Waals surface area contributed by atoms with Crippen molar-refractivity contribution < 1.29 is 4.79 Å². The minimum Gasteiger partial charge on any atom is -0.340 e. The molecule has 2 rings (SSSR count). The molecule has 1 heterocycles. The van der Waals surface area contributed by atoms with Gasteiger partial charge < -0.3 is 10.6 Å². The van der Waals surface area contributed by atoms with E-state index in [1.165, 1.54) is 5.56 Å². The van der Waals surface area contributed by atoms with E-state index in [9.17, 15) is 4.79 Å². The normalized spacial score (nSPS) is 19.5. The summed E-state index contributed by atoms with van der Waals surface area (Å²) in [5, 5.41) is 0. The van der Waals surface area contributed by atoms with Crippen LogP contribution >= 0.6 is 0 Å². The van der Waals surface area contributed by atoms with Gasteiger partial charge in [-0.05, 0) is 19.0 Å². The first kappa shape index (κ1) is 13.1. The van der Waals surface area contributed by atoms with Gasteiger partial charge in [0.1, 0.15) is 0 Å². The largest absolute Gasteiger partial charge is 0.340 e. The van der Waals surface area contributed by atoms with Gasteiger partial charge in [0.05, 0.1) is 6.54 Å². The van der Waals surface area contributed by atoms with Crippen molar-refractivity contribution in [2.75, 3.05) is 26.7 Å². The lowest BCUT2D eigenvalue weighted by Gasteiger charge is -2.24. The molecule has 0 spiro atoms. The number of nitrogens with zero attached hydrogens (tertiary/aromatic N) is 2. The van der Waals surface area contributed by atoms with Crippen LogP contribution in [0.1, 0.15) is 12.0 Å². The van der Waals surface area contributed by atoms with Gasteiger partial charge in [0.25, 0.3) is 0 Å². The number of rotatable bonds is 4. The van der Waals surface area contributed by atoms with Crippen molar-refractivity contribution in [2.24, 2.45) is 5.73 Å². The number of nitrogens with two attached hydrogens (primary N) is 1. The van der Waals surface area contributed by atoms with Crippen molar-refractivity contribution in [1.82, 2.24) is 9.80 Å². The van der Waals surface area contributed by atoms with E-state index in [1.54, 1.807) is 0 Å². The maximum Gasteiger partial charge on any atom is 0.236 e. The van der Waals surface area contributed by atoms with Crippen LogP contribution in [0.25, 0.3) is 0 Å². The van der Waals surface area contributed by atoms with Crippen molar-refractivity contribution in [2.45, 2.75) is 19.0 Å². The summed E-state index contributed by atoms with van der Waals surface area (Å²) in [7, 11) is 2.12. The number of likely N-dealkylation sites (N-methyl/N-ethyl adjacent to an activating group) is 1. The summed E-state index contributed by atoms with van der Waals surface area (Å²) in [5.74, 6) is 0.0608. The monoisotopic (exact) mass is 247 g/mol. The second-order valence-corrected chi connectivity index (χ2v) is 4.89. The summed E-state index contributed by atoms with van der Waals surface area (Å²) >= 11 is 0. The zero-order chi connectivity index (χ0) is 13.0. The SMILES string of the molecule is CN(Cc1ccccc1)[C@H]1CCN(C(=O)CN)C1. The molecule has 1 aromatic carbocycles. The van der Waals surface area contributed by atoms with Gasteiger partial charge in [-0.3, -0.25) is 9.69 Å². The van der Waals surface area contributed by atoms with Gasteiger partial charge in [0.15, 0.2) is 0 Å². The van der Waals surface area contributed by atoms with Crippen LogP contribution < -0.4 is 5.73 Å². The molecule has 0 bridgehead atoms. The zero-order valence-electron chi connectivity index (χ0n) is 10.9. The third-order valence-corrected chi connectivity index (χ3v) is 3.59. The molecule has 18 heavy (non-hydrogen) atoms. The van der Waals surface area contributed by atoms with Crippen LogP contribution in [0.15, 0.2) is 30.3 Å². The summed E-state index contributed by atoms with van der Waals surface area (Å²) in [6.07, 6.45) is 1.04. The van der Waals surface area contributed by atoms with Gasteiger partial charge in [-0.1, -0.05) is 30.3 Å². The first-order valence-corrected chi connectivity index (χ1v) is 6.42. The summed E-state index contributed by atoms with van der Waals surface area (Å²) in [6.45, 7) is 2.68. The zero-order valence-corrected chi connectivity index (χ0v) is 10.9. The first-order chi connectivity index (χ1) is 8.70. The molecule has 4 heteroatoms. The highest BCUT2D eigenvalue weighted by atomic mass is 16.2. The fourth-order valence-corrected chi connectivity index (χ4v) is 2.46. The lowest BCUT2D eigenvalue weighted by atomic mass is 10.1. The Labute approximate surface area is 108 Å². The van der Waals surface area contributed by atoms with E-state index in [0.29, 0.717) is 6.04 Å². The fourth-order valence-electron chi connectivity index (χ4n) is 2.46. The van der Waals surface area contributed by atoms with E-state index in [1.807, 2.05) is 11.0 Å². The van der Waals surface area contributed by atoms with Crippen molar-refractivity contribution in [3.8, 4) is 0 Å². The quantitative estimate of drug-likeness (QED) is 0.851. The van der Waals surface area contributed by atoms with Gasteiger partial charge in [-0.15, -0.1) is 0 Å². The molecule has 0 aromatic heterocycles. The molecule has 1 amide bonds. The number of hydrogen-bond donors (Lipinski definition) is 1. The lowest BCUT2D eigenvalue weighted by Crippen LogP contribution is -2.38. The Kier molecular flexibility index (Phi) is 4.33. The van der Waals surface area contributed by atoms with E-state index < -0.39 is 0 Å². The minimum absolute atomic E-state index is 0.0608. The molecule has 1 fully saturated rings. The summed E-state index contributed by atoms with van der Waals surface area (Å²) in [5.41, 5.74) is 6.70. The van der Waals surface area contributed by atoms with E-state index in [-0.39, 0.29) is 12.5 Å². The molecule has 1 saturated heterocycles. The lowest BCUT2D eigenvalue weighted by molar-refractivity contribution is -0.128. The van der Waals surface area contributed by atoms with Gasteiger partial charge >= 0.3 is 0 Å². The molecular weight excluding hydrogens is 226 g/mol. The number of likely N-dealkylation sites (tertiary alicyclic amines) is 1. The molecule has 0 unspecified atom stereocenters. The van der Waals surface area contributed by atoms with E-state index in [2.05, 4.69) is 36.2 Å². The standard InChI is InChI=1S/C14H21N3O/c1-16(10-12-5-3-2-4-6-12)13-7-8-17(11-13)14(18)9-15/h2-6,13H,7-11,15H2,1H3/t13-/m0/s1. The molecule has 98 valence electrons. The molecule has 4 nitrogen and oxygen atoms in total. The maximum absolute atomic E-state index is 11.5. The highest BCUT2D eigenvalue weighted by Crippen LogP contribution is 2.16. The average molecular weight is 247 g/mol. The minimum atomic E-state index is 0.0608. The third-order valence-electron chi connectivity index (χ3n) is 3.59. The van der Waals surface area contributed by atoms with Crippen molar-refractivity contribution in [3.63, 3.8) is 0 Å². The fraction of sp³-hybridized carbons (Fsp3) is 0.500. The Hall–Kier alpha value is -1.39. The summed E-state index contributed by atoms with van der Waals surface area (Å²) in [4.78, 5) is 15.7. The maximum atomic E-state index is 11.5. The Bertz CT molecular complexity index is 393. The van der Waals surface area contributed by atoms with Gasteiger partial charge in [-0.25, -0.2) is 0 Å². The molecule has 0 saturated carbocycles. The number of hydrogen-bond acceptors (Lipinski definition) is 3. The van der Waals surface area contributed by atoms with E-state index >= 15 is 0 Å². The first-order valence-electron chi connectivity index (χ1n) is 6.42. The van der Waals surface area contributed by atoms with Gasteiger partial charge in [0.2, 0.25) is 5.91 Å². The predicted molar refractivity (Wildman–Crippen MR) is 71.9 cm³/mol. The van der Waals surface area contributed by atoms with Crippen LogP contribution in [0.3, 0.4) is 0 Å². The average Bonchev–Trinajstić information content (AvgIpc) is 2.88. The molecule has 0 radical (unpaired) electrons. The Morgan fingerprint density at radius 2 is 2.17 bits per heavy atom. The molecule has 1 aromatic rings. The highest BCUT2D eigenvalue weighted by molar-refractivity contribution is 5.78. The van der Waals surface area contributed by atoms with Crippen molar-refractivity contribution >= 4 is 5.91 Å². The number of carbonyl (C=O) groups excluding carboxylic acids is 1. The molecular formula is C14H21N3O. The Morgan fingerprint density at radius 3 is 2.83 bits per heavy atom. The Balaban J connectivity index is 1.88. The second-order valence-electron chi connectivity index (χ2n) is 4.89. The molecule has 1 aliphatic rings. The number of carbonyl (C=O) groups is 1. The molecule has 1 atom stereocenters. The van der Waals surface area contributed by atoms with Crippen LogP contribution in [0.4, 0.5) is 0 Å². The molecule has 0 aliphatic carbocycles. The van der Waals surface area contributed by atoms with Crippen LogP contribution in [0.2, 0.25) is 0 Å². The van der Waals surface area contributed by atoms with Crippen LogP contribution in [0.5, 0.6) is 0 Å². The number of amides is 1. The second kappa shape index (κ2) is 5.98. The smallest absolute Gasteiger partial charge is 0.236 e. The summed E-state index contributed by atoms with van der Waals surface area (Å²) < 4.78 is 0. The number of benzene rings is 1. The molecule has 2 N–H and O–H groups in total. The van der Waals surface area contributed by atoms with Gasteiger partial charge in [-0.2, -0.15) is 0 Å². The van der Waals surface area contributed by atoms with Crippen LogP contribution in [-0.4, -0.2) is 48.4 Å². The highest BCUT2D eigenvalue weighted by Gasteiger charge is 2.27. The van der Waals surface area contributed by atoms with Crippen LogP contribution in [0, 0.1) is 0 Å².